The maximum absolute atomic E-state index is 12.4. The van der Waals surface area contributed by atoms with E-state index in [-0.39, 0.29) is 30.8 Å². The van der Waals surface area contributed by atoms with Gasteiger partial charge < -0.3 is 19.9 Å². The quantitative estimate of drug-likeness (QED) is 0.672. The van der Waals surface area contributed by atoms with Gasteiger partial charge in [0.05, 0.1) is 12.5 Å². The monoisotopic (exact) mass is 381 g/mol. The third-order valence-electron chi connectivity index (χ3n) is 5.84. The predicted octanol–water partition coefficient (Wildman–Crippen LogP) is 0.407. The van der Waals surface area contributed by atoms with Crippen LogP contribution in [-0.4, -0.2) is 73.3 Å². The molecule has 3 amide bonds. The van der Waals surface area contributed by atoms with Crippen molar-refractivity contribution >= 4 is 23.7 Å². The molecule has 2 aliphatic rings. The van der Waals surface area contributed by atoms with Crippen LogP contribution < -0.4 is 5.32 Å². The van der Waals surface area contributed by atoms with Crippen LogP contribution in [0, 0.1) is 17.8 Å². The first kappa shape index (κ1) is 21.2. The molecule has 1 saturated heterocycles. The van der Waals surface area contributed by atoms with Crippen LogP contribution in [0.2, 0.25) is 0 Å². The molecule has 0 spiro atoms. The van der Waals surface area contributed by atoms with Crippen LogP contribution in [0.5, 0.6) is 0 Å². The van der Waals surface area contributed by atoms with E-state index in [1.165, 1.54) is 11.3 Å². The van der Waals surface area contributed by atoms with Crippen LogP contribution in [0.3, 0.4) is 0 Å². The molecule has 1 aliphatic carbocycles. The molecule has 0 aromatic heterocycles. The Morgan fingerprint density at radius 1 is 1.22 bits per heavy atom. The maximum Gasteiger partial charge on any atom is 0.311 e. The number of carbonyl (C=O) groups is 4. The maximum atomic E-state index is 12.4. The molecule has 4 atom stereocenters. The van der Waals surface area contributed by atoms with Crippen molar-refractivity contribution in [3.63, 3.8) is 0 Å². The lowest BCUT2D eigenvalue weighted by molar-refractivity contribution is -0.152. The summed E-state index contributed by atoms with van der Waals surface area (Å²) in [7, 11) is 3.18. The number of likely N-dealkylation sites (N-methyl/N-ethyl adjacent to an activating group) is 1. The fourth-order valence-electron chi connectivity index (χ4n) is 3.84. The Balaban J connectivity index is 1.80. The van der Waals surface area contributed by atoms with Gasteiger partial charge in [-0.05, 0) is 18.3 Å². The zero-order valence-electron chi connectivity index (χ0n) is 16.7. The Labute approximate surface area is 160 Å². The molecule has 152 valence electrons. The Morgan fingerprint density at radius 2 is 1.93 bits per heavy atom. The van der Waals surface area contributed by atoms with Gasteiger partial charge in [-0.3, -0.25) is 19.2 Å². The lowest BCUT2D eigenvalue weighted by atomic mass is 9.77. The van der Waals surface area contributed by atoms with Crippen LogP contribution in [0.4, 0.5) is 0 Å². The predicted molar refractivity (Wildman–Crippen MR) is 98.4 cm³/mol. The number of likely N-dealkylation sites (tertiary alicyclic amines) is 1. The van der Waals surface area contributed by atoms with Gasteiger partial charge >= 0.3 is 5.97 Å². The van der Waals surface area contributed by atoms with E-state index < -0.39 is 24.4 Å². The number of nitrogens with zero attached hydrogens (tertiary/aromatic N) is 2. The van der Waals surface area contributed by atoms with Crippen molar-refractivity contribution in [2.24, 2.45) is 17.8 Å². The van der Waals surface area contributed by atoms with Crippen molar-refractivity contribution in [1.82, 2.24) is 15.1 Å². The van der Waals surface area contributed by atoms with Gasteiger partial charge in [0.15, 0.2) is 6.61 Å². The number of hydrogen-bond acceptors (Lipinski definition) is 5. The van der Waals surface area contributed by atoms with Crippen molar-refractivity contribution in [3.8, 4) is 0 Å². The van der Waals surface area contributed by atoms with Gasteiger partial charge in [-0.2, -0.15) is 0 Å². The minimum absolute atomic E-state index is 0.0102. The Bertz CT molecular complexity index is 592. The molecule has 2 rings (SSSR count). The van der Waals surface area contributed by atoms with E-state index >= 15 is 0 Å². The number of esters is 1. The Hall–Kier alpha value is -2.12. The van der Waals surface area contributed by atoms with E-state index in [1.807, 2.05) is 4.90 Å². The van der Waals surface area contributed by atoms with Gasteiger partial charge in [0.2, 0.25) is 11.8 Å². The molecule has 0 unspecified atom stereocenters. The van der Waals surface area contributed by atoms with E-state index in [4.69, 9.17) is 4.74 Å². The van der Waals surface area contributed by atoms with E-state index in [2.05, 4.69) is 19.2 Å². The number of rotatable bonds is 6. The number of ether oxygens (including phenoxy) is 1. The molecule has 0 aromatic carbocycles. The molecule has 1 N–H and O–H groups in total. The standard InChI is InChI=1S/C19H31N3O5/c1-12-6-5-7-15(13(12)2)22-10-14(8-17(22)24)19(26)27-11-16(23)20-9-18(25)21(3)4/h12-15H,5-11H2,1-4H3,(H,20,23)/t12-,13+,14+,15+/m0/s1. The fourth-order valence-corrected chi connectivity index (χ4v) is 3.84. The van der Waals surface area contributed by atoms with Crippen molar-refractivity contribution < 1.29 is 23.9 Å². The van der Waals surface area contributed by atoms with Crippen LogP contribution in [0.15, 0.2) is 0 Å². The van der Waals surface area contributed by atoms with E-state index in [0.29, 0.717) is 18.4 Å². The van der Waals surface area contributed by atoms with E-state index in [0.717, 1.165) is 12.8 Å². The summed E-state index contributed by atoms with van der Waals surface area (Å²) >= 11 is 0. The molecule has 2 fully saturated rings. The average molecular weight is 381 g/mol. The summed E-state index contributed by atoms with van der Waals surface area (Å²) in [6.07, 6.45) is 3.38. The second-order valence-corrected chi connectivity index (χ2v) is 7.95. The molecular weight excluding hydrogens is 350 g/mol. The Morgan fingerprint density at radius 3 is 2.59 bits per heavy atom. The topological polar surface area (TPSA) is 96.0 Å². The summed E-state index contributed by atoms with van der Waals surface area (Å²) in [6, 6.07) is 0.180. The van der Waals surface area contributed by atoms with Crippen LogP contribution >= 0.6 is 0 Å². The molecule has 8 nitrogen and oxygen atoms in total. The summed E-state index contributed by atoms with van der Waals surface area (Å²) in [6.45, 7) is 4.16. The highest BCUT2D eigenvalue weighted by atomic mass is 16.5. The third kappa shape index (κ3) is 5.43. The van der Waals surface area contributed by atoms with Gasteiger partial charge in [0.25, 0.3) is 5.91 Å². The number of hydrogen-bond donors (Lipinski definition) is 1. The molecule has 27 heavy (non-hydrogen) atoms. The van der Waals surface area contributed by atoms with Gasteiger partial charge in [0.1, 0.15) is 0 Å². The molecule has 0 radical (unpaired) electrons. The van der Waals surface area contributed by atoms with Gasteiger partial charge in [-0.25, -0.2) is 0 Å². The first-order chi connectivity index (χ1) is 12.7. The van der Waals surface area contributed by atoms with E-state index in [1.54, 1.807) is 14.1 Å². The zero-order chi connectivity index (χ0) is 20.1. The summed E-state index contributed by atoms with van der Waals surface area (Å²) in [5.74, 6) is -0.871. The molecule has 1 heterocycles. The largest absolute Gasteiger partial charge is 0.455 e. The molecule has 1 saturated carbocycles. The highest BCUT2D eigenvalue weighted by Gasteiger charge is 2.42. The summed E-state index contributed by atoms with van der Waals surface area (Å²) in [5, 5.41) is 2.40. The number of amides is 3. The van der Waals surface area contributed by atoms with Crippen molar-refractivity contribution in [1.29, 1.82) is 0 Å². The second-order valence-electron chi connectivity index (χ2n) is 7.95. The molecule has 1 aliphatic heterocycles. The lowest BCUT2D eigenvalue weighted by Gasteiger charge is -2.39. The van der Waals surface area contributed by atoms with Gasteiger partial charge in [-0.15, -0.1) is 0 Å². The molecule has 0 aromatic rings. The fraction of sp³-hybridized carbons (Fsp3) is 0.789. The SMILES string of the molecule is C[C@H]1[C@H](N2C[C@H](C(=O)OCC(=O)NCC(=O)N(C)C)CC2=O)CCC[C@@H]1C. The average Bonchev–Trinajstić information content (AvgIpc) is 3.01. The van der Waals surface area contributed by atoms with Crippen molar-refractivity contribution in [3.05, 3.63) is 0 Å². The molecule has 0 bridgehead atoms. The smallest absolute Gasteiger partial charge is 0.311 e. The van der Waals surface area contributed by atoms with Gasteiger partial charge in [-0.1, -0.05) is 26.7 Å². The summed E-state index contributed by atoms with van der Waals surface area (Å²) in [5.41, 5.74) is 0. The summed E-state index contributed by atoms with van der Waals surface area (Å²) in [4.78, 5) is 51.0. The zero-order valence-corrected chi connectivity index (χ0v) is 16.7. The first-order valence-electron chi connectivity index (χ1n) is 9.63. The van der Waals surface area contributed by atoms with Crippen molar-refractivity contribution in [2.75, 3.05) is 33.8 Å². The van der Waals surface area contributed by atoms with Crippen LogP contribution in [0.25, 0.3) is 0 Å². The highest BCUT2D eigenvalue weighted by Crippen LogP contribution is 2.35. The number of carbonyl (C=O) groups excluding carboxylic acids is 4. The minimum atomic E-state index is -0.533. The normalized spacial score (nSPS) is 28.0. The number of nitrogens with one attached hydrogen (secondary N) is 1. The second kappa shape index (κ2) is 9.19. The van der Waals surface area contributed by atoms with Crippen LogP contribution in [-0.2, 0) is 23.9 Å². The van der Waals surface area contributed by atoms with Crippen molar-refractivity contribution in [2.45, 2.75) is 45.6 Å². The lowest BCUT2D eigenvalue weighted by Crippen LogP contribution is -2.45. The van der Waals surface area contributed by atoms with Crippen LogP contribution in [0.1, 0.15) is 39.5 Å². The Kier molecular flexibility index (Phi) is 7.21. The van der Waals surface area contributed by atoms with E-state index in [9.17, 15) is 19.2 Å². The first-order valence-corrected chi connectivity index (χ1v) is 9.63. The molecular formula is C19H31N3O5. The summed E-state index contributed by atoms with van der Waals surface area (Å²) < 4.78 is 5.06. The van der Waals surface area contributed by atoms with Gasteiger partial charge in [0, 0.05) is 33.1 Å². The third-order valence-corrected chi connectivity index (χ3v) is 5.84. The minimum Gasteiger partial charge on any atom is -0.455 e. The highest BCUT2D eigenvalue weighted by molar-refractivity contribution is 5.89. The molecule has 8 heteroatoms.